The van der Waals surface area contributed by atoms with Crippen LogP contribution >= 0.6 is 0 Å². The second kappa shape index (κ2) is 6.81. The molecule has 0 bridgehead atoms. The Morgan fingerprint density at radius 1 is 1.33 bits per heavy atom. The molecule has 0 aromatic heterocycles. The Hall–Kier alpha value is -1.81. The number of aromatic hydroxyl groups is 1. The van der Waals surface area contributed by atoms with Crippen LogP contribution in [0, 0.1) is 0 Å². The fraction of sp³-hybridized carbons (Fsp3) is 0.357. The number of ether oxygens (including phenoxy) is 1. The fourth-order valence-corrected chi connectivity index (χ4v) is 1.52. The molecule has 1 aromatic rings. The molecule has 2 N–H and O–H groups in total. The Labute approximate surface area is 107 Å². The van der Waals surface area contributed by atoms with Gasteiger partial charge in [0.2, 0.25) is 0 Å². The van der Waals surface area contributed by atoms with Crippen molar-refractivity contribution in [2.45, 2.75) is 32.5 Å². The largest absolute Gasteiger partial charge is 0.508 e. The Bertz CT molecular complexity index is 406. The molecule has 0 saturated carbocycles. The highest BCUT2D eigenvalue weighted by atomic mass is 16.5. The number of phenols is 1. The average molecular weight is 250 g/mol. The van der Waals surface area contributed by atoms with Gasteiger partial charge in [-0.15, -0.1) is 0 Å². The van der Waals surface area contributed by atoms with E-state index in [2.05, 4.69) is 0 Å². The molecule has 0 aliphatic rings. The summed E-state index contributed by atoms with van der Waals surface area (Å²) in [4.78, 5) is 11.4. The Morgan fingerprint density at radius 2 is 1.94 bits per heavy atom. The first kappa shape index (κ1) is 14.3. The lowest BCUT2D eigenvalue weighted by atomic mass is 10.2. The molecule has 2 atom stereocenters. The van der Waals surface area contributed by atoms with E-state index in [1.165, 1.54) is 6.08 Å². The van der Waals surface area contributed by atoms with Crippen LogP contribution in [0.25, 0.3) is 6.08 Å². The van der Waals surface area contributed by atoms with Crippen molar-refractivity contribution in [3.8, 4) is 5.75 Å². The summed E-state index contributed by atoms with van der Waals surface area (Å²) in [6, 6.07) is 6.47. The highest BCUT2D eigenvalue weighted by molar-refractivity contribution is 5.87. The smallest absolute Gasteiger partial charge is 0.331 e. The van der Waals surface area contributed by atoms with Crippen LogP contribution in [0.15, 0.2) is 30.3 Å². The Balaban J connectivity index is 2.46. The van der Waals surface area contributed by atoms with Crippen molar-refractivity contribution in [1.29, 1.82) is 0 Å². The maximum absolute atomic E-state index is 11.4. The minimum absolute atomic E-state index is 0.181. The van der Waals surface area contributed by atoms with Crippen LogP contribution in [0.5, 0.6) is 5.75 Å². The molecule has 0 radical (unpaired) electrons. The van der Waals surface area contributed by atoms with Gasteiger partial charge in [-0.1, -0.05) is 12.1 Å². The van der Waals surface area contributed by atoms with Crippen molar-refractivity contribution in [2.24, 2.45) is 0 Å². The van der Waals surface area contributed by atoms with Crippen LogP contribution in [0.1, 0.15) is 25.8 Å². The normalized spacial score (nSPS) is 14.4. The summed E-state index contributed by atoms with van der Waals surface area (Å²) in [6.07, 6.45) is 2.54. The van der Waals surface area contributed by atoms with E-state index >= 15 is 0 Å². The Kier molecular flexibility index (Phi) is 5.39. The molecule has 1 rings (SSSR count). The summed E-state index contributed by atoms with van der Waals surface area (Å²) in [5.41, 5.74) is 0.799. The van der Waals surface area contributed by atoms with Gasteiger partial charge in [-0.2, -0.15) is 0 Å². The average Bonchev–Trinajstić information content (AvgIpc) is 2.27. The van der Waals surface area contributed by atoms with Crippen molar-refractivity contribution in [2.75, 3.05) is 0 Å². The first-order valence-electron chi connectivity index (χ1n) is 5.83. The van der Waals surface area contributed by atoms with Crippen LogP contribution in [-0.4, -0.2) is 28.4 Å². The summed E-state index contributed by atoms with van der Waals surface area (Å²) in [5, 5.41) is 18.2. The molecule has 0 aliphatic carbocycles. The van der Waals surface area contributed by atoms with Crippen LogP contribution in [0.2, 0.25) is 0 Å². The monoisotopic (exact) mass is 250 g/mol. The van der Waals surface area contributed by atoms with Gasteiger partial charge in [0.15, 0.2) is 0 Å². The first-order valence-corrected chi connectivity index (χ1v) is 5.83. The molecular formula is C14H18O4. The molecule has 4 nitrogen and oxygen atoms in total. The number of esters is 1. The number of aliphatic hydroxyl groups excluding tert-OH is 1. The van der Waals surface area contributed by atoms with Gasteiger partial charge in [-0.3, -0.25) is 0 Å². The number of rotatable bonds is 5. The molecule has 0 spiro atoms. The fourth-order valence-electron chi connectivity index (χ4n) is 1.52. The predicted molar refractivity (Wildman–Crippen MR) is 69.0 cm³/mol. The van der Waals surface area contributed by atoms with Gasteiger partial charge in [0.05, 0.1) is 6.10 Å². The molecule has 0 fully saturated rings. The number of hydrogen-bond donors (Lipinski definition) is 2. The van der Waals surface area contributed by atoms with Crippen LogP contribution in [0.4, 0.5) is 0 Å². The molecular weight excluding hydrogens is 232 g/mol. The van der Waals surface area contributed by atoms with Gasteiger partial charge < -0.3 is 14.9 Å². The molecule has 1 aromatic carbocycles. The lowest BCUT2D eigenvalue weighted by Gasteiger charge is -2.13. The van der Waals surface area contributed by atoms with E-state index < -0.39 is 12.1 Å². The third kappa shape index (κ3) is 5.50. The van der Waals surface area contributed by atoms with Gasteiger partial charge in [0.25, 0.3) is 0 Å². The van der Waals surface area contributed by atoms with Gasteiger partial charge in [-0.25, -0.2) is 4.79 Å². The summed E-state index contributed by atoms with van der Waals surface area (Å²) in [6.45, 7) is 3.38. The van der Waals surface area contributed by atoms with Crippen LogP contribution < -0.4 is 0 Å². The van der Waals surface area contributed by atoms with E-state index in [1.807, 2.05) is 0 Å². The zero-order valence-corrected chi connectivity index (χ0v) is 10.5. The van der Waals surface area contributed by atoms with Crippen molar-refractivity contribution >= 4 is 12.0 Å². The van der Waals surface area contributed by atoms with Crippen molar-refractivity contribution in [1.82, 2.24) is 0 Å². The molecule has 98 valence electrons. The molecule has 0 saturated heterocycles. The molecule has 18 heavy (non-hydrogen) atoms. The minimum atomic E-state index is -0.492. The van der Waals surface area contributed by atoms with E-state index in [4.69, 9.17) is 14.9 Å². The zero-order chi connectivity index (χ0) is 13.5. The molecule has 4 heteroatoms. The SMILES string of the molecule is C[C@@H](O)C[C@H](C)OC(=O)/C=C/c1ccc(O)cc1. The second-order valence-electron chi connectivity index (χ2n) is 4.26. The molecule has 0 aliphatic heterocycles. The predicted octanol–water partition coefficient (Wildman–Crippen LogP) is 2.11. The van der Waals surface area contributed by atoms with E-state index in [9.17, 15) is 4.79 Å². The zero-order valence-electron chi connectivity index (χ0n) is 10.5. The highest BCUT2D eigenvalue weighted by Crippen LogP contribution is 2.11. The van der Waals surface area contributed by atoms with Gasteiger partial charge in [0.1, 0.15) is 11.9 Å². The lowest BCUT2D eigenvalue weighted by molar-refractivity contribution is -0.143. The summed E-state index contributed by atoms with van der Waals surface area (Å²) in [5.74, 6) is -0.267. The van der Waals surface area contributed by atoms with Crippen LogP contribution in [-0.2, 0) is 9.53 Å². The van der Waals surface area contributed by atoms with Gasteiger partial charge in [-0.05, 0) is 37.6 Å². The topological polar surface area (TPSA) is 66.8 Å². The molecule has 0 unspecified atom stereocenters. The van der Waals surface area contributed by atoms with Gasteiger partial charge in [0, 0.05) is 12.5 Å². The summed E-state index contributed by atoms with van der Waals surface area (Å²) < 4.78 is 5.07. The highest BCUT2D eigenvalue weighted by Gasteiger charge is 2.09. The standard InChI is InChI=1S/C14H18O4/c1-10(15)9-11(2)18-14(17)8-5-12-3-6-13(16)7-4-12/h3-8,10-11,15-16H,9H2,1-2H3/b8-5+/t10-,11+/m1/s1. The third-order valence-corrected chi connectivity index (χ3v) is 2.30. The quantitative estimate of drug-likeness (QED) is 0.620. The number of benzene rings is 1. The number of carbonyl (C=O) groups is 1. The van der Waals surface area contributed by atoms with E-state index in [-0.39, 0.29) is 11.9 Å². The first-order chi connectivity index (χ1) is 8.47. The third-order valence-electron chi connectivity index (χ3n) is 2.30. The number of aliphatic hydroxyl groups is 1. The van der Waals surface area contributed by atoms with Crippen molar-refractivity contribution in [3.05, 3.63) is 35.9 Å². The lowest BCUT2D eigenvalue weighted by Crippen LogP contribution is -2.18. The number of carbonyl (C=O) groups excluding carboxylic acids is 1. The maximum atomic E-state index is 11.4. The van der Waals surface area contributed by atoms with E-state index in [0.29, 0.717) is 6.42 Å². The van der Waals surface area contributed by atoms with Gasteiger partial charge >= 0.3 is 5.97 Å². The Morgan fingerprint density at radius 3 is 2.50 bits per heavy atom. The maximum Gasteiger partial charge on any atom is 0.331 e. The number of hydrogen-bond acceptors (Lipinski definition) is 4. The van der Waals surface area contributed by atoms with E-state index in [1.54, 1.807) is 44.2 Å². The summed E-state index contributed by atoms with van der Waals surface area (Å²) >= 11 is 0. The second-order valence-corrected chi connectivity index (χ2v) is 4.26. The van der Waals surface area contributed by atoms with Crippen molar-refractivity contribution in [3.63, 3.8) is 0 Å². The molecule has 0 amide bonds. The van der Waals surface area contributed by atoms with Crippen LogP contribution in [0.3, 0.4) is 0 Å². The minimum Gasteiger partial charge on any atom is -0.508 e. The van der Waals surface area contributed by atoms with E-state index in [0.717, 1.165) is 5.56 Å². The summed E-state index contributed by atoms with van der Waals surface area (Å²) in [7, 11) is 0. The molecule has 0 heterocycles. The number of phenolic OH excluding ortho intramolecular Hbond substituents is 1. The van der Waals surface area contributed by atoms with Crippen molar-refractivity contribution < 1.29 is 19.7 Å².